The molecule has 1 aromatic carbocycles. The molecule has 1 N–H and O–H groups in total. The zero-order valence-electron chi connectivity index (χ0n) is 13.0. The highest BCUT2D eigenvalue weighted by molar-refractivity contribution is 5.66. The van der Waals surface area contributed by atoms with Gasteiger partial charge in [0.1, 0.15) is 17.5 Å². The molecule has 0 saturated heterocycles. The molecule has 0 amide bonds. The molecule has 0 fully saturated rings. The number of nitrogens with zero attached hydrogens (tertiary/aromatic N) is 4. The predicted octanol–water partition coefficient (Wildman–Crippen LogP) is 3.19. The zero-order chi connectivity index (χ0) is 15.4. The van der Waals surface area contributed by atoms with Gasteiger partial charge in [-0.1, -0.05) is 0 Å². The minimum atomic E-state index is 0.588. The monoisotopic (exact) mass is 283 g/mol. The van der Waals surface area contributed by atoms with Crippen LogP contribution in [0, 0.1) is 18.3 Å². The van der Waals surface area contributed by atoms with Crippen LogP contribution in [-0.4, -0.2) is 22.9 Å². The van der Waals surface area contributed by atoms with Crippen LogP contribution in [0.15, 0.2) is 24.3 Å². The summed E-state index contributed by atoms with van der Waals surface area (Å²) in [5.74, 6) is 0.727. The number of hydrogen-bond donors (Lipinski definition) is 1. The van der Waals surface area contributed by atoms with Gasteiger partial charge >= 0.3 is 0 Å². The van der Waals surface area contributed by atoms with Crippen LogP contribution in [0.2, 0.25) is 0 Å². The second-order valence-electron chi connectivity index (χ2n) is 4.89. The van der Waals surface area contributed by atoms with Gasteiger partial charge in [0.15, 0.2) is 0 Å². The van der Waals surface area contributed by atoms with Crippen molar-refractivity contribution in [2.24, 2.45) is 7.05 Å². The molecule has 5 heteroatoms. The maximum absolute atomic E-state index is 9.22. The van der Waals surface area contributed by atoms with Gasteiger partial charge in [-0.15, -0.1) is 0 Å². The molecular formula is C16H21N5. The summed E-state index contributed by atoms with van der Waals surface area (Å²) in [7, 11) is 1.83. The van der Waals surface area contributed by atoms with Crippen molar-refractivity contribution >= 4 is 17.2 Å². The largest absolute Gasteiger partial charge is 0.372 e. The fourth-order valence-corrected chi connectivity index (χ4v) is 2.42. The number of aryl methyl sites for hydroxylation is 2. The molecule has 0 bridgehead atoms. The summed E-state index contributed by atoms with van der Waals surface area (Å²) >= 11 is 0. The molecule has 0 atom stereocenters. The molecule has 5 nitrogen and oxygen atoms in total. The van der Waals surface area contributed by atoms with E-state index in [0.29, 0.717) is 5.56 Å². The van der Waals surface area contributed by atoms with Crippen molar-refractivity contribution in [3.05, 3.63) is 35.5 Å². The molecule has 1 aromatic heterocycles. The topological polar surface area (TPSA) is 56.9 Å². The summed E-state index contributed by atoms with van der Waals surface area (Å²) < 4.78 is 1.70. The van der Waals surface area contributed by atoms with Gasteiger partial charge in [0.05, 0.1) is 5.69 Å². The number of rotatable bonds is 5. The molecule has 0 radical (unpaired) electrons. The molecule has 1 heterocycles. The van der Waals surface area contributed by atoms with Crippen LogP contribution in [0.25, 0.3) is 0 Å². The lowest BCUT2D eigenvalue weighted by Crippen LogP contribution is -2.21. The van der Waals surface area contributed by atoms with Gasteiger partial charge in [-0.05, 0) is 45.0 Å². The number of aromatic nitrogens is 2. The Bertz CT molecular complexity index is 645. The quantitative estimate of drug-likeness (QED) is 0.915. The Morgan fingerprint density at radius 2 is 1.86 bits per heavy atom. The minimum absolute atomic E-state index is 0.588. The number of benzene rings is 1. The number of hydrogen-bond acceptors (Lipinski definition) is 4. The third-order valence-corrected chi connectivity index (χ3v) is 3.59. The lowest BCUT2D eigenvalue weighted by Gasteiger charge is -2.21. The highest BCUT2D eigenvalue weighted by Crippen LogP contribution is 2.24. The number of nitrogens with one attached hydrogen (secondary N) is 1. The zero-order valence-corrected chi connectivity index (χ0v) is 13.0. The van der Waals surface area contributed by atoms with Crippen molar-refractivity contribution in [3.8, 4) is 6.07 Å². The Labute approximate surface area is 125 Å². The van der Waals surface area contributed by atoms with Crippen molar-refractivity contribution in [1.29, 1.82) is 5.26 Å². The molecule has 0 saturated carbocycles. The Morgan fingerprint density at radius 1 is 1.24 bits per heavy atom. The molecular weight excluding hydrogens is 262 g/mol. The summed E-state index contributed by atoms with van der Waals surface area (Å²) in [6, 6.07) is 10.4. The Morgan fingerprint density at radius 3 is 2.38 bits per heavy atom. The van der Waals surface area contributed by atoms with Gasteiger partial charge in [-0.3, -0.25) is 4.68 Å². The summed E-state index contributed by atoms with van der Waals surface area (Å²) in [5, 5.41) is 16.8. The predicted molar refractivity (Wildman–Crippen MR) is 85.9 cm³/mol. The van der Waals surface area contributed by atoms with E-state index >= 15 is 0 Å². The van der Waals surface area contributed by atoms with Crippen LogP contribution in [0.1, 0.15) is 25.1 Å². The lowest BCUT2D eigenvalue weighted by atomic mass is 10.2. The fourth-order valence-electron chi connectivity index (χ4n) is 2.42. The minimum Gasteiger partial charge on any atom is -0.372 e. The van der Waals surface area contributed by atoms with Crippen LogP contribution < -0.4 is 10.2 Å². The fraction of sp³-hybridized carbons (Fsp3) is 0.375. The third kappa shape index (κ3) is 3.00. The summed E-state index contributed by atoms with van der Waals surface area (Å²) in [5.41, 5.74) is 3.48. The molecule has 0 aliphatic rings. The first-order chi connectivity index (χ1) is 10.1. The second kappa shape index (κ2) is 6.31. The van der Waals surface area contributed by atoms with E-state index in [1.165, 1.54) is 5.69 Å². The first kappa shape index (κ1) is 14.9. The van der Waals surface area contributed by atoms with Gasteiger partial charge in [0, 0.05) is 31.5 Å². The van der Waals surface area contributed by atoms with Crippen LogP contribution in [0.4, 0.5) is 17.2 Å². The van der Waals surface area contributed by atoms with Gasteiger partial charge < -0.3 is 10.2 Å². The van der Waals surface area contributed by atoms with Crippen molar-refractivity contribution in [1.82, 2.24) is 9.78 Å². The van der Waals surface area contributed by atoms with Gasteiger partial charge in [-0.2, -0.15) is 10.4 Å². The van der Waals surface area contributed by atoms with Crippen molar-refractivity contribution in [2.45, 2.75) is 20.8 Å². The van der Waals surface area contributed by atoms with Crippen molar-refractivity contribution in [2.75, 3.05) is 23.3 Å². The second-order valence-corrected chi connectivity index (χ2v) is 4.89. The maximum atomic E-state index is 9.22. The molecule has 2 aromatic rings. The van der Waals surface area contributed by atoms with Crippen molar-refractivity contribution in [3.63, 3.8) is 0 Å². The Kier molecular flexibility index (Phi) is 4.49. The van der Waals surface area contributed by atoms with Gasteiger partial charge in [-0.25, -0.2) is 0 Å². The number of anilines is 3. The van der Waals surface area contributed by atoms with E-state index in [1.807, 2.05) is 26.1 Å². The van der Waals surface area contributed by atoms with E-state index in [1.54, 1.807) is 4.68 Å². The first-order valence-electron chi connectivity index (χ1n) is 7.16. The standard InChI is InChI=1S/C16H21N5/c1-5-21(6-2)14-9-7-13(8-10-14)18-16-15(11-17)12(3)19-20(16)4/h7-10,18H,5-6H2,1-4H3. The summed E-state index contributed by atoms with van der Waals surface area (Å²) in [6.45, 7) is 8.11. The average molecular weight is 283 g/mol. The first-order valence-corrected chi connectivity index (χ1v) is 7.16. The summed E-state index contributed by atoms with van der Waals surface area (Å²) in [4.78, 5) is 2.29. The molecule has 0 unspecified atom stereocenters. The van der Waals surface area contributed by atoms with E-state index in [9.17, 15) is 5.26 Å². The third-order valence-electron chi connectivity index (χ3n) is 3.59. The maximum Gasteiger partial charge on any atom is 0.146 e. The Hall–Kier alpha value is -2.48. The smallest absolute Gasteiger partial charge is 0.146 e. The SMILES string of the molecule is CCN(CC)c1ccc(Nc2c(C#N)c(C)nn2C)cc1. The van der Waals surface area contributed by atoms with Crippen molar-refractivity contribution < 1.29 is 0 Å². The van der Waals surface area contributed by atoms with Gasteiger partial charge in [0.25, 0.3) is 0 Å². The molecule has 21 heavy (non-hydrogen) atoms. The lowest BCUT2D eigenvalue weighted by molar-refractivity contribution is 0.765. The van der Waals surface area contributed by atoms with E-state index in [0.717, 1.165) is 30.3 Å². The van der Waals surface area contributed by atoms with E-state index in [4.69, 9.17) is 0 Å². The molecule has 0 spiro atoms. The van der Waals surface area contributed by atoms with Crippen LogP contribution in [-0.2, 0) is 7.05 Å². The average Bonchev–Trinajstić information content (AvgIpc) is 2.75. The molecule has 110 valence electrons. The van der Waals surface area contributed by atoms with Crippen LogP contribution >= 0.6 is 0 Å². The highest BCUT2D eigenvalue weighted by Gasteiger charge is 2.12. The normalized spacial score (nSPS) is 10.2. The van der Waals surface area contributed by atoms with E-state index in [-0.39, 0.29) is 0 Å². The van der Waals surface area contributed by atoms with Crippen LogP contribution in [0.5, 0.6) is 0 Å². The van der Waals surface area contributed by atoms with Gasteiger partial charge in [0.2, 0.25) is 0 Å². The Balaban J connectivity index is 2.24. The highest BCUT2D eigenvalue weighted by atomic mass is 15.3. The molecule has 0 aliphatic carbocycles. The van der Waals surface area contributed by atoms with E-state index < -0.39 is 0 Å². The van der Waals surface area contributed by atoms with Crippen LogP contribution in [0.3, 0.4) is 0 Å². The molecule has 0 aliphatic heterocycles. The molecule has 2 rings (SSSR count). The van der Waals surface area contributed by atoms with E-state index in [2.05, 4.69) is 47.4 Å². The summed E-state index contributed by atoms with van der Waals surface area (Å²) in [6.07, 6.45) is 0. The number of nitriles is 1.